The van der Waals surface area contributed by atoms with Crippen LogP contribution in [0.25, 0.3) is 0 Å². The van der Waals surface area contributed by atoms with Crippen LogP contribution in [0.1, 0.15) is 12.7 Å². The third kappa shape index (κ3) is 3.81. The van der Waals surface area contributed by atoms with Crippen LogP contribution in [0, 0.1) is 0 Å². The predicted molar refractivity (Wildman–Crippen MR) is 67.8 cm³/mol. The maximum atomic E-state index is 11.8. The lowest BCUT2D eigenvalue weighted by Crippen LogP contribution is -2.25. The summed E-state index contributed by atoms with van der Waals surface area (Å²) in [5, 5.41) is 3.08. The molecule has 0 aliphatic heterocycles. The fraction of sp³-hybridized carbons (Fsp3) is 0.636. The highest BCUT2D eigenvalue weighted by molar-refractivity contribution is 7.88. The Hall–Kier alpha value is -0.890. The molecule has 7 heteroatoms. The molecular formula is C11H20N2O4S. The number of ether oxygens (including phenoxy) is 1. The quantitative estimate of drug-likeness (QED) is 0.792. The maximum absolute atomic E-state index is 11.8. The van der Waals surface area contributed by atoms with Crippen LogP contribution in [-0.2, 0) is 21.3 Å². The van der Waals surface area contributed by atoms with Crippen molar-refractivity contribution in [2.45, 2.75) is 24.7 Å². The molecule has 0 fully saturated rings. The number of methoxy groups -OCH3 is 1. The van der Waals surface area contributed by atoms with E-state index in [0.717, 1.165) is 4.31 Å². The molecule has 0 spiro atoms. The van der Waals surface area contributed by atoms with E-state index < -0.39 is 10.0 Å². The molecule has 1 N–H and O–H groups in total. The molecule has 104 valence electrons. The number of rotatable bonds is 7. The van der Waals surface area contributed by atoms with Gasteiger partial charge in [-0.1, -0.05) is 0 Å². The molecule has 1 heterocycles. The van der Waals surface area contributed by atoms with Crippen molar-refractivity contribution < 1.29 is 17.6 Å². The standard InChI is InChI=1S/C11H20N2O4S/c1-9(16-4)7-12-8-10-5-6-11(17-10)18(14,15)13(2)3/h5-6,9,12H,7-8H2,1-4H3. The van der Waals surface area contributed by atoms with Gasteiger partial charge >= 0.3 is 0 Å². The van der Waals surface area contributed by atoms with E-state index in [1.807, 2.05) is 6.92 Å². The van der Waals surface area contributed by atoms with Crippen molar-refractivity contribution in [1.82, 2.24) is 9.62 Å². The molecule has 1 unspecified atom stereocenters. The second-order valence-electron chi connectivity index (χ2n) is 4.19. The van der Waals surface area contributed by atoms with Gasteiger partial charge in [0.05, 0.1) is 12.6 Å². The Morgan fingerprint density at radius 1 is 1.44 bits per heavy atom. The molecule has 0 amide bonds. The topological polar surface area (TPSA) is 71.8 Å². The first-order valence-electron chi connectivity index (χ1n) is 5.62. The first-order chi connectivity index (χ1) is 8.37. The highest BCUT2D eigenvalue weighted by atomic mass is 32.2. The van der Waals surface area contributed by atoms with Gasteiger partial charge in [0.15, 0.2) is 0 Å². The number of nitrogens with one attached hydrogen (secondary N) is 1. The zero-order chi connectivity index (χ0) is 13.8. The molecule has 0 aliphatic carbocycles. The van der Waals surface area contributed by atoms with E-state index in [2.05, 4.69) is 5.32 Å². The number of sulfonamides is 1. The molecule has 0 aliphatic rings. The van der Waals surface area contributed by atoms with Crippen LogP contribution in [0.15, 0.2) is 21.6 Å². The lowest BCUT2D eigenvalue weighted by molar-refractivity contribution is 0.116. The first kappa shape index (κ1) is 15.2. The summed E-state index contributed by atoms with van der Waals surface area (Å²) < 4.78 is 35.0. The third-order valence-corrected chi connectivity index (χ3v) is 4.19. The Labute approximate surface area is 108 Å². The van der Waals surface area contributed by atoms with Gasteiger partial charge in [-0.2, -0.15) is 0 Å². The van der Waals surface area contributed by atoms with Crippen LogP contribution in [-0.4, -0.2) is 46.6 Å². The average Bonchev–Trinajstić information content (AvgIpc) is 2.77. The predicted octanol–water partition coefficient (Wildman–Crippen LogP) is 0.654. The maximum Gasteiger partial charge on any atom is 0.275 e. The molecular weight excluding hydrogens is 256 g/mol. The third-order valence-electron chi connectivity index (χ3n) is 2.51. The normalized spacial score (nSPS) is 14.1. The van der Waals surface area contributed by atoms with Crippen LogP contribution in [0.2, 0.25) is 0 Å². The molecule has 0 radical (unpaired) electrons. The van der Waals surface area contributed by atoms with Gasteiger partial charge in [-0.25, -0.2) is 12.7 Å². The molecule has 1 atom stereocenters. The summed E-state index contributed by atoms with van der Waals surface area (Å²) in [6.45, 7) is 3.08. The minimum absolute atomic E-state index is 0.0379. The minimum Gasteiger partial charge on any atom is -0.447 e. The van der Waals surface area contributed by atoms with E-state index in [9.17, 15) is 8.42 Å². The van der Waals surface area contributed by atoms with Crippen molar-refractivity contribution in [3.63, 3.8) is 0 Å². The van der Waals surface area contributed by atoms with Gasteiger partial charge in [-0.15, -0.1) is 0 Å². The highest BCUT2D eigenvalue weighted by Gasteiger charge is 2.21. The van der Waals surface area contributed by atoms with Gasteiger partial charge in [0, 0.05) is 27.7 Å². The zero-order valence-electron chi connectivity index (χ0n) is 11.1. The summed E-state index contributed by atoms with van der Waals surface area (Å²) in [6, 6.07) is 3.12. The van der Waals surface area contributed by atoms with Crippen molar-refractivity contribution in [1.29, 1.82) is 0 Å². The molecule has 18 heavy (non-hydrogen) atoms. The van der Waals surface area contributed by atoms with Crippen LogP contribution in [0.5, 0.6) is 0 Å². The first-order valence-corrected chi connectivity index (χ1v) is 7.06. The number of nitrogens with zero attached hydrogens (tertiary/aromatic N) is 1. The summed E-state index contributed by atoms with van der Waals surface area (Å²) >= 11 is 0. The molecule has 1 aromatic rings. The smallest absolute Gasteiger partial charge is 0.275 e. The molecule has 1 aromatic heterocycles. The van der Waals surface area contributed by atoms with Gasteiger partial charge in [0.25, 0.3) is 10.0 Å². The van der Waals surface area contributed by atoms with E-state index in [0.29, 0.717) is 18.8 Å². The van der Waals surface area contributed by atoms with Gasteiger partial charge in [-0.3, -0.25) is 0 Å². The SMILES string of the molecule is COC(C)CNCc1ccc(S(=O)(=O)N(C)C)o1. The lowest BCUT2D eigenvalue weighted by atomic mass is 10.4. The Morgan fingerprint density at radius 3 is 2.67 bits per heavy atom. The summed E-state index contributed by atoms with van der Waals surface area (Å²) in [4.78, 5) is 0. The van der Waals surface area contributed by atoms with Crippen LogP contribution in [0.3, 0.4) is 0 Å². The fourth-order valence-electron chi connectivity index (χ4n) is 1.25. The Morgan fingerprint density at radius 2 is 2.11 bits per heavy atom. The van der Waals surface area contributed by atoms with Gasteiger partial charge in [0.2, 0.25) is 5.09 Å². The average molecular weight is 276 g/mol. The van der Waals surface area contributed by atoms with E-state index in [-0.39, 0.29) is 11.2 Å². The van der Waals surface area contributed by atoms with E-state index in [4.69, 9.17) is 9.15 Å². The summed E-state index contributed by atoms with van der Waals surface area (Å²) in [7, 11) is 1.09. The highest BCUT2D eigenvalue weighted by Crippen LogP contribution is 2.16. The molecule has 0 saturated heterocycles. The summed E-state index contributed by atoms with van der Waals surface area (Å²) in [5.74, 6) is 0.582. The van der Waals surface area contributed by atoms with Crippen molar-refractivity contribution in [2.75, 3.05) is 27.7 Å². The number of hydrogen-bond donors (Lipinski definition) is 1. The number of furan rings is 1. The van der Waals surface area contributed by atoms with E-state index in [1.165, 1.54) is 20.2 Å². The van der Waals surface area contributed by atoms with Gasteiger partial charge < -0.3 is 14.5 Å². The monoisotopic (exact) mass is 276 g/mol. The van der Waals surface area contributed by atoms with Gasteiger partial charge in [0.1, 0.15) is 5.76 Å². The summed E-state index contributed by atoms with van der Waals surface area (Å²) in [6.07, 6.45) is 0.102. The lowest BCUT2D eigenvalue weighted by Gasteiger charge is -2.10. The fourth-order valence-corrected chi connectivity index (χ4v) is 2.07. The van der Waals surface area contributed by atoms with E-state index >= 15 is 0 Å². The van der Waals surface area contributed by atoms with Gasteiger partial charge in [-0.05, 0) is 19.1 Å². The van der Waals surface area contributed by atoms with Crippen molar-refractivity contribution >= 4 is 10.0 Å². The van der Waals surface area contributed by atoms with Crippen LogP contribution in [0.4, 0.5) is 0 Å². The van der Waals surface area contributed by atoms with Crippen molar-refractivity contribution in [2.24, 2.45) is 0 Å². The second-order valence-corrected chi connectivity index (χ2v) is 6.27. The van der Waals surface area contributed by atoms with Crippen LogP contribution < -0.4 is 5.32 Å². The Balaban J connectivity index is 2.59. The van der Waals surface area contributed by atoms with Crippen LogP contribution >= 0.6 is 0 Å². The molecule has 0 saturated carbocycles. The Bertz CT molecular complexity index is 467. The largest absolute Gasteiger partial charge is 0.447 e. The summed E-state index contributed by atoms with van der Waals surface area (Å²) in [5.41, 5.74) is 0. The molecule has 1 rings (SSSR count). The molecule has 0 aromatic carbocycles. The number of hydrogen-bond acceptors (Lipinski definition) is 5. The second kappa shape index (κ2) is 6.33. The Kier molecular flexibility index (Phi) is 5.33. The minimum atomic E-state index is -3.49. The zero-order valence-corrected chi connectivity index (χ0v) is 12.0. The molecule has 0 bridgehead atoms. The van der Waals surface area contributed by atoms with E-state index in [1.54, 1.807) is 13.2 Å². The van der Waals surface area contributed by atoms with Crippen molar-refractivity contribution in [3.05, 3.63) is 17.9 Å². The van der Waals surface area contributed by atoms with Crippen molar-refractivity contribution in [3.8, 4) is 0 Å². The molecule has 6 nitrogen and oxygen atoms in total.